The SMILES string of the molecule is Cc1ccc(C)c(Nc2ccnc(Nc3ccc(N4CCCC4)cc3)n2)c1. The number of rotatable bonds is 5. The lowest BCUT2D eigenvalue weighted by atomic mass is 10.1. The van der Waals surface area contributed by atoms with Crippen LogP contribution in [0.5, 0.6) is 0 Å². The van der Waals surface area contributed by atoms with Gasteiger partial charge in [-0.3, -0.25) is 0 Å². The summed E-state index contributed by atoms with van der Waals surface area (Å²) in [5.41, 5.74) is 5.74. The molecule has 0 bridgehead atoms. The number of hydrogen-bond acceptors (Lipinski definition) is 5. The Bertz CT molecular complexity index is 914. The molecule has 1 aliphatic rings. The molecule has 3 aromatic rings. The smallest absolute Gasteiger partial charge is 0.229 e. The maximum Gasteiger partial charge on any atom is 0.229 e. The molecule has 4 rings (SSSR count). The summed E-state index contributed by atoms with van der Waals surface area (Å²) in [5.74, 6) is 1.36. The maximum absolute atomic E-state index is 4.59. The third kappa shape index (κ3) is 4.19. The topological polar surface area (TPSA) is 53.1 Å². The normalized spacial score (nSPS) is 13.6. The van der Waals surface area contributed by atoms with Crippen LogP contribution in [0.15, 0.2) is 54.7 Å². The highest BCUT2D eigenvalue weighted by atomic mass is 15.2. The van der Waals surface area contributed by atoms with E-state index >= 15 is 0 Å². The third-order valence-electron chi connectivity index (χ3n) is 4.91. The molecule has 2 heterocycles. The molecule has 0 amide bonds. The average Bonchev–Trinajstić information content (AvgIpc) is 3.20. The Labute approximate surface area is 160 Å². The molecule has 27 heavy (non-hydrogen) atoms. The van der Waals surface area contributed by atoms with E-state index in [1.165, 1.54) is 29.7 Å². The minimum atomic E-state index is 0.583. The van der Waals surface area contributed by atoms with Crippen LogP contribution in [-0.2, 0) is 0 Å². The predicted molar refractivity (Wildman–Crippen MR) is 112 cm³/mol. The van der Waals surface area contributed by atoms with E-state index in [1.54, 1.807) is 6.20 Å². The fourth-order valence-electron chi connectivity index (χ4n) is 3.36. The van der Waals surface area contributed by atoms with Crippen LogP contribution in [-0.4, -0.2) is 23.1 Å². The van der Waals surface area contributed by atoms with Gasteiger partial charge >= 0.3 is 0 Å². The number of aryl methyl sites for hydroxylation is 2. The average molecular weight is 359 g/mol. The lowest BCUT2D eigenvalue weighted by Crippen LogP contribution is -2.17. The van der Waals surface area contributed by atoms with Gasteiger partial charge in [-0.15, -0.1) is 0 Å². The summed E-state index contributed by atoms with van der Waals surface area (Å²) in [4.78, 5) is 11.4. The monoisotopic (exact) mass is 359 g/mol. The van der Waals surface area contributed by atoms with Gasteiger partial charge in [0, 0.05) is 36.3 Å². The lowest BCUT2D eigenvalue weighted by Gasteiger charge is -2.17. The van der Waals surface area contributed by atoms with E-state index in [9.17, 15) is 0 Å². The Hall–Kier alpha value is -3.08. The summed E-state index contributed by atoms with van der Waals surface area (Å²) < 4.78 is 0. The van der Waals surface area contributed by atoms with Gasteiger partial charge in [-0.1, -0.05) is 12.1 Å². The van der Waals surface area contributed by atoms with Crippen LogP contribution in [0, 0.1) is 13.8 Å². The standard InChI is InChI=1S/C22H25N5/c1-16-5-6-17(2)20(15-16)25-21-11-12-23-22(26-21)24-18-7-9-19(10-8-18)27-13-3-4-14-27/h5-12,15H,3-4,13-14H2,1-2H3,(H2,23,24,25,26). The van der Waals surface area contributed by atoms with Crippen molar-refractivity contribution in [1.82, 2.24) is 9.97 Å². The molecule has 1 fully saturated rings. The van der Waals surface area contributed by atoms with Crippen molar-refractivity contribution in [3.05, 3.63) is 65.9 Å². The molecule has 1 saturated heterocycles. The highest BCUT2D eigenvalue weighted by Crippen LogP contribution is 2.24. The van der Waals surface area contributed by atoms with E-state index in [0.29, 0.717) is 5.95 Å². The van der Waals surface area contributed by atoms with Crippen LogP contribution < -0.4 is 15.5 Å². The van der Waals surface area contributed by atoms with Crippen LogP contribution in [0.2, 0.25) is 0 Å². The van der Waals surface area contributed by atoms with Crippen LogP contribution >= 0.6 is 0 Å². The number of aromatic nitrogens is 2. The number of hydrogen-bond donors (Lipinski definition) is 2. The van der Waals surface area contributed by atoms with Crippen LogP contribution in [0.3, 0.4) is 0 Å². The number of nitrogens with zero attached hydrogens (tertiary/aromatic N) is 3. The number of anilines is 5. The van der Waals surface area contributed by atoms with Crippen molar-refractivity contribution in [3.63, 3.8) is 0 Å². The lowest BCUT2D eigenvalue weighted by molar-refractivity contribution is 0.949. The molecule has 0 unspecified atom stereocenters. The van der Waals surface area contributed by atoms with Gasteiger partial charge in [0.25, 0.3) is 0 Å². The molecule has 0 saturated carbocycles. The molecule has 0 aliphatic carbocycles. The van der Waals surface area contributed by atoms with Crippen molar-refractivity contribution in [2.24, 2.45) is 0 Å². The van der Waals surface area contributed by atoms with E-state index in [4.69, 9.17) is 0 Å². The van der Waals surface area contributed by atoms with Crippen molar-refractivity contribution in [1.29, 1.82) is 0 Å². The molecule has 0 spiro atoms. The molecule has 138 valence electrons. The zero-order valence-electron chi connectivity index (χ0n) is 15.9. The first kappa shape index (κ1) is 17.3. The van der Waals surface area contributed by atoms with E-state index in [2.05, 4.69) is 81.8 Å². The molecule has 2 aromatic carbocycles. The molecule has 1 aliphatic heterocycles. The van der Waals surface area contributed by atoms with Crippen LogP contribution in [0.4, 0.5) is 28.8 Å². The molecule has 1 aromatic heterocycles. The van der Waals surface area contributed by atoms with Crippen molar-refractivity contribution < 1.29 is 0 Å². The minimum Gasteiger partial charge on any atom is -0.372 e. The first-order valence-corrected chi connectivity index (χ1v) is 9.47. The summed E-state index contributed by atoms with van der Waals surface area (Å²) in [5, 5.41) is 6.68. The predicted octanol–water partition coefficient (Wildman–Crippen LogP) is 5.18. The van der Waals surface area contributed by atoms with Crippen molar-refractivity contribution >= 4 is 28.8 Å². The van der Waals surface area contributed by atoms with E-state index in [0.717, 1.165) is 30.3 Å². The second kappa shape index (κ2) is 7.66. The molecule has 0 radical (unpaired) electrons. The third-order valence-corrected chi connectivity index (χ3v) is 4.91. The molecular weight excluding hydrogens is 334 g/mol. The van der Waals surface area contributed by atoms with Gasteiger partial charge in [-0.05, 0) is 74.2 Å². The molecular formula is C22H25N5. The molecule has 2 N–H and O–H groups in total. The van der Waals surface area contributed by atoms with Crippen molar-refractivity contribution in [3.8, 4) is 0 Å². The van der Waals surface area contributed by atoms with Gasteiger partial charge in [0.05, 0.1) is 0 Å². The van der Waals surface area contributed by atoms with Gasteiger partial charge in [0.1, 0.15) is 5.82 Å². The number of nitrogens with one attached hydrogen (secondary N) is 2. The molecule has 5 heteroatoms. The second-order valence-corrected chi connectivity index (χ2v) is 7.07. The summed E-state index contributed by atoms with van der Waals surface area (Å²) in [6, 6.07) is 16.7. The Morgan fingerprint density at radius 3 is 2.44 bits per heavy atom. The summed E-state index contributed by atoms with van der Waals surface area (Å²) in [6.07, 6.45) is 4.34. The highest BCUT2D eigenvalue weighted by Gasteiger charge is 2.12. The largest absolute Gasteiger partial charge is 0.372 e. The molecule has 0 atom stereocenters. The summed E-state index contributed by atoms with van der Waals surface area (Å²) in [7, 11) is 0. The zero-order chi connectivity index (χ0) is 18.6. The van der Waals surface area contributed by atoms with Gasteiger partial charge in [-0.2, -0.15) is 4.98 Å². The number of benzene rings is 2. The van der Waals surface area contributed by atoms with E-state index in [1.807, 2.05) is 6.07 Å². The fourth-order valence-corrected chi connectivity index (χ4v) is 3.36. The second-order valence-electron chi connectivity index (χ2n) is 7.07. The Balaban J connectivity index is 1.46. The van der Waals surface area contributed by atoms with Crippen molar-refractivity contribution in [2.45, 2.75) is 26.7 Å². The van der Waals surface area contributed by atoms with E-state index < -0.39 is 0 Å². The Kier molecular flexibility index (Phi) is 4.92. The van der Waals surface area contributed by atoms with Gasteiger partial charge < -0.3 is 15.5 Å². The quantitative estimate of drug-likeness (QED) is 0.657. The Morgan fingerprint density at radius 2 is 1.67 bits per heavy atom. The molecule has 5 nitrogen and oxygen atoms in total. The zero-order valence-corrected chi connectivity index (χ0v) is 15.9. The van der Waals surface area contributed by atoms with Crippen LogP contribution in [0.25, 0.3) is 0 Å². The summed E-state index contributed by atoms with van der Waals surface area (Å²) in [6.45, 7) is 6.48. The minimum absolute atomic E-state index is 0.583. The Morgan fingerprint density at radius 1 is 0.889 bits per heavy atom. The van der Waals surface area contributed by atoms with Gasteiger partial charge in [0.15, 0.2) is 0 Å². The summed E-state index contributed by atoms with van der Waals surface area (Å²) >= 11 is 0. The van der Waals surface area contributed by atoms with Gasteiger partial charge in [0.2, 0.25) is 5.95 Å². The van der Waals surface area contributed by atoms with E-state index in [-0.39, 0.29) is 0 Å². The first-order valence-electron chi connectivity index (χ1n) is 9.47. The van der Waals surface area contributed by atoms with Crippen LogP contribution in [0.1, 0.15) is 24.0 Å². The first-order chi connectivity index (χ1) is 13.2. The fraction of sp³-hybridized carbons (Fsp3) is 0.273. The maximum atomic E-state index is 4.59. The van der Waals surface area contributed by atoms with Crippen molar-refractivity contribution in [2.75, 3.05) is 28.6 Å². The van der Waals surface area contributed by atoms with Gasteiger partial charge in [-0.25, -0.2) is 4.98 Å². The highest BCUT2D eigenvalue weighted by molar-refractivity contribution is 5.64.